The summed E-state index contributed by atoms with van der Waals surface area (Å²) in [6.45, 7) is 1.69. The van der Waals surface area contributed by atoms with Gasteiger partial charge >= 0.3 is 0 Å². The Balaban J connectivity index is 2.39. The summed E-state index contributed by atoms with van der Waals surface area (Å²) < 4.78 is 0. The third-order valence-electron chi connectivity index (χ3n) is 3.35. The van der Waals surface area contributed by atoms with E-state index in [-0.39, 0.29) is 4.99 Å². The smallest absolute Gasteiger partial charge is 0.239 e. The lowest BCUT2D eigenvalue weighted by atomic mass is 9.94. The van der Waals surface area contributed by atoms with Crippen molar-refractivity contribution < 1.29 is 4.79 Å². The number of aryl methyl sites for hydroxylation is 2. The zero-order chi connectivity index (χ0) is 14.0. The number of carbonyl (C=O) groups excluding carboxylic acids is 1. The highest BCUT2D eigenvalue weighted by molar-refractivity contribution is 7.80. The van der Waals surface area contributed by atoms with E-state index < -0.39 is 11.9 Å². The molecule has 1 amide bonds. The topological polar surface area (TPSA) is 94.0 Å². The molecule has 1 aromatic rings. The van der Waals surface area contributed by atoms with Crippen molar-refractivity contribution in [2.45, 2.75) is 38.6 Å². The fourth-order valence-electron chi connectivity index (χ4n) is 2.21. The molecule has 0 aliphatic heterocycles. The molecule has 1 aromatic heterocycles. The lowest BCUT2D eigenvalue weighted by Gasteiger charge is -2.20. The Labute approximate surface area is 117 Å². The molecule has 102 valence electrons. The van der Waals surface area contributed by atoms with E-state index in [0.717, 1.165) is 31.4 Å². The first-order valence-corrected chi connectivity index (χ1v) is 6.78. The van der Waals surface area contributed by atoms with E-state index in [9.17, 15) is 4.79 Å². The number of rotatable bonds is 4. The minimum atomic E-state index is -0.512. The van der Waals surface area contributed by atoms with Crippen LogP contribution in [0.1, 0.15) is 36.6 Å². The summed E-state index contributed by atoms with van der Waals surface area (Å²) in [5, 5.41) is 2.99. The number of pyridine rings is 1. The largest absolute Gasteiger partial charge is 0.389 e. The maximum atomic E-state index is 11.1. The number of fused-ring (bicyclic) bond motifs is 1. The predicted molar refractivity (Wildman–Crippen MR) is 79.0 cm³/mol. The van der Waals surface area contributed by atoms with Gasteiger partial charge in [0, 0.05) is 5.69 Å². The quantitative estimate of drug-likeness (QED) is 0.711. The predicted octanol–water partition coefficient (Wildman–Crippen LogP) is 0.880. The van der Waals surface area contributed by atoms with E-state index in [1.54, 1.807) is 6.92 Å². The molecular weight excluding hydrogens is 260 g/mol. The van der Waals surface area contributed by atoms with Crippen molar-refractivity contribution in [3.05, 3.63) is 22.9 Å². The number of anilines is 1. The second-order valence-corrected chi connectivity index (χ2v) is 5.27. The van der Waals surface area contributed by atoms with Crippen molar-refractivity contribution in [1.29, 1.82) is 0 Å². The molecule has 1 unspecified atom stereocenters. The van der Waals surface area contributed by atoms with Crippen LogP contribution in [-0.2, 0) is 17.6 Å². The van der Waals surface area contributed by atoms with Crippen molar-refractivity contribution >= 4 is 28.9 Å². The monoisotopic (exact) mass is 278 g/mol. The van der Waals surface area contributed by atoms with Crippen LogP contribution >= 0.6 is 12.2 Å². The summed E-state index contributed by atoms with van der Waals surface area (Å²) in [5.74, 6) is 0.118. The van der Waals surface area contributed by atoms with E-state index >= 15 is 0 Å². The first-order valence-electron chi connectivity index (χ1n) is 6.37. The molecule has 1 heterocycles. The first-order chi connectivity index (χ1) is 8.99. The molecule has 1 aliphatic rings. The molecule has 0 spiro atoms. The second-order valence-electron chi connectivity index (χ2n) is 4.83. The average molecular weight is 278 g/mol. The fraction of sp³-hybridized carbons (Fsp3) is 0.462. The van der Waals surface area contributed by atoms with Crippen LogP contribution in [0, 0.1) is 0 Å². The number of amides is 1. The Morgan fingerprint density at radius 3 is 2.74 bits per heavy atom. The van der Waals surface area contributed by atoms with Gasteiger partial charge in [-0.15, -0.1) is 0 Å². The SMILES string of the molecule is CC(Nc1nc2c(cc1C(N)=S)CCCC2)C(N)=O. The summed E-state index contributed by atoms with van der Waals surface area (Å²) in [6, 6.07) is 1.47. The average Bonchev–Trinajstić information content (AvgIpc) is 2.37. The molecule has 0 saturated heterocycles. The van der Waals surface area contributed by atoms with Gasteiger partial charge in [0.15, 0.2) is 0 Å². The molecular formula is C13H18N4OS. The Bertz CT molecular complexity index is 530. The van der Waals surface area contributed by atoms with Gasteiger partial charge in [0.2, 0.25) is 5.91 Å². The van der Waals surface area contributed by atoms with Gasteiger partial charge in [-0.05, 0) is 44.2 Å². The Hall–Kier alpha value is -1.69. The van der Waals surface area contributed by atoms with Crippen LogP contribution in [0.3, 0.4) is 0 Å². The summed E-state index contributed by atoms with van der Waals surface area (Å²) in [4.78, 5) is 16.0. The molecule has 2 rings (SSSR count). The van der Waals surface area contributed by atoms with E-state index in [2.05, 4.69) is 10.3 Å². The van der Waals surface area contributed by atoms with Gasteiger partial charge in [0.05, 0.1) is 5.56 Å². The van der Waals surface area contributed by atoms with Crippen LogP contribution in [0.5, 0.6) is 0 Å². The summed E-state index contributed by atoms with van der Waals surface area (Å²) >= 11 is 5.05. The van der Waals surface area contributed by atoms with Crippen LogP contribution in [-0.4, -0.2) is 21.9 Å². The highest BCUT2D eigenvalue weighted by atomic mass is 32.1. The number of aromatic nitrogens is 1. The minimum absolute atomic E-state index is 0.278. The number of thiocarbonyl (C=S) groups is 1. The van der Waals surface area contributed by atoms with Gasteiger partial charge < -0.3 is 16.8 Å². The van der Waals surface area contributed by atoms with Gasteiger partial charge in [-0.2, -0.15) is 0 Å². The highest BCUT2D eigenvalue weighted by Gasteiger charge is 2.18. The van der Waals surface area contributed by atoms with Crippen LogP contribution in [0.4, 0.5) is 5.82 Å². The number of carbonyl (C=O) groups is 1. The third kappa shape index (κ3) is 3.01. The Morgan fingerprint density at radius 2 is 2.11 bits per heavy atom. The summed E-state index contributed by atoms with van der Waals surface area (Å²) in [7, 11) is 0. The molecule has 6 heteroatoms. The zero-order valence-electron chi connectivity index (χ0n) is 10.9. The fourth-order valence-corrected chi connectivity index (χ4v) is 2.36. The van der Waals surface area contributed by atoms with Crippen molar-refractivity contribution in [1.82, 2.24) is 4.98 Å². The molecule has 19 heavy (non-hydrogen) atoms. The maximum Gasteiger partial charge on any atom is 0.239 e. The Kier molecular flexibility index (Phi) is 3.99. The summed E-state index contributed by atoms with van der Waals surface area (Å²) in [5.41, 5.74) is 13.9. The van der Waals surface area contributed by atoms with Crippen molar-refractivity contribution in [3.63, 3.8) is 0 Å². The Morgan fingerprint density at radius 1 is 1.42 bits per heavy atom. The lowest BCUT2D eigenvalue weighted by Crippen LogP contribution is -2.34. The lowest BCUT2D eigenvalue weighted by molar-refractivity contribution is -0.118. The van der Waals surface area contributed by atoms with Gasteiger partial charge in [0.25, 0.3) is 0 Å². The number of hydrogen-bond acceptors (Lipinski definition) is 4. The standard InChI is InChI=1S/C13H18N4OS/c1-7(11(14)18)16-13-9(12(15)19)6-8-4-2-3-5-10(8)17-13/h6-7H,2-5H2,1H3,(H2,14,18)(H2,15,19)(H,16,17). The third-order valence-corrected chi connectivity index (χ3v) is 3.57. The number of nitrogens with two attached hydrogens (primary N) is 2. The molecule has 1 aliphatic carbocycles. The molecule has 5 nitrogen and oxygen atoms in total. The van der Waals surface area contributed by atoms with Crippen molar-refractivity contribution in [2.75, 3.05) is 5.32 Å². The van der Waals surface area contributed by atoms with Gasteiger partial charge in [0.1, 0.15) is 16.8 Å². The minimum Gasteiger partial charge on any atom is -0.389 e. The molecule has 0 bridgehead atoms. The number of nitrogens with one attached hydrogen (secondary N) is 1. The van der Waals surface area contributed by atoms with Crippen molar-refractivity contribution in [3.8, 4) is 0 Å². The number of hydrogen-bond donors (Lipinski definition) is 3. The highest BCUT2D eigenvalue weighted by Crippen LogP contribution is 2.25. The van der Waals surface area contributed by atoms with Gasteiger partial charge in [-0.3, -0.25) is 4.79 Å². The molecule has 0 radical (unpaired) electrons. The van der Waals surface area contributed by atoms with Gasteiger partial charge in [-0.1, -0.05) is 12.2 Å². The van der Waals surface area contributed by atoms with Crippen LogP contribution in [0.2, 0.25) is 0 Å². The van der Waals surface area contributed by atoms with E-state index in [1.165, 1.54) is 5.56 Å². The molecule has 0 fully saturated rings. The van der Waals surface area contributed by atoms with Gasteiger partial charge in [-0.25, -0.2) is 4.98 Å². The van der Waals surface area contributed by atoms with Crippen LogP contribution < -0.4 is 16.8 Å². The van der Waals surface area contributed by atoms with Crippen LogP contribution in [0.15, 0.2) is 6.07 Å². The van der Waals surface area contributed by atoms with E-state index in [1.807, 2.05) is 6.07 Å². The maximum absolute atomic E-state index is 11.1. The van der Waals surface area contributed by atoms with E-state index in [0.29, 0.717) is 11.4 Å². The number of primary amides is 1. The molecule has 1 atom stereocenters. The first kappa shape index (κ1) is 13.7. The second kappa shape index (κ2) is 5.52. The van der Waals surface area contributed by atoms with E-state index in [4.69, 9.17) is 23.7 Å². The zero-order valence-corrected chi connectivity index (χ0v) is 11.7. The normalized spacial score (nSPS) is 15.4. The summed E-state index contributed by atoms with van der Waals surface area (Å²) in [6.07, 6.45) is 4.25. The van der Waals surface area contributed by atoms with Crippen LogP contribution in [0.25, 0.3) is 0 Å². The molecule has 5 N–H and O–H groups in total. The molecule has 0 saturated carbocycles. The number of nitrogens with zero attached hydrogens (tertiary/aromatic N) is 1. The molecule has 0 aromatic carbocycles. The van der Waals surface area contributed by atoms with Crippen molar-refractivity contribution in [2.24, 2.45) is 11.5 Å².